The first-order valence-electron chi connectivity index (χ1n) is 7.49. The van der Waals surface area contributed by atoms with Crippen LogP contribution in [0.2, 0.25) is 0 Å². The quantitative estimate of drug-likeness (QED) is 0.568. The lowest BCUT2D eigenvalue weighted by Gasteiger charge is -2.32. The predicted molar refractivity (Wildman–Crippen MR) is 80.1 cm³/mol. The second kappa shape index (κ2) is 6.50. The number of ether oxygens (including phenoxy) is 1. The number of anilines is 1. The van der Waals surface area contributed by atoms with Gasteiger partial charge >= 0.3 is 6.18 Å². The van der Waals surface area contributed by atoms with E-state index >= 15 is 0 Å². The SMILES string of the molecule is Fc1cc(-c2cccc3c2OCCN3CCC(F)(F)F)cc(F)c1F. The Morgan fingerprint density at radius 2 is 1.72 bits per heavy atom. The largest absolute Gasteiger partial charge is 0.489 e. The highest BCUT2D eigenvalue weighted by molar-refractivity contribution is 5.79. The minimum Gasteiger partial charge on any atom is -0.489 e. The molecule has 134 valence electrons. The number of halogens is 6. The van der Waals surface area contributed by atoms with Gasteiger partial charge in [-0.3, -0.25) is 0 Å². The number of para-hydroxylation sites is 1. The van der Waals surface area contributed by atoms with Crippen molar-refractivity contribution in [1.29, 1.82) is 0 Å². The van der Waals surface area contributed by atoms with Gasteiger partial charge in [-0.25, -0.2) is 13.2 Å². The number of hydrogen-bond acceptors (Lipinski definition) is 2. The van der Waals surface area contributed by atoms with Crippen LogP contribution in [0.25, 0.3) is 11.1 Å². The first-order valence-corrected chi connectivity index (χ1v) is 7.49. The average molecular weight is 361 g/mol. The number of rotatable bonds is 3. The molecule has 0 fully saturated rings. The van der Waals surface area contributed by atoms with E-state index in [-0.39, 0.29) is 36.6 Å². The number of nitrogens with zero attached hydrogens (tertiary/aromatic N) is 1. The lowest BCUT2D eigenvalue weighted by molar-refractivity contribution is -0.132. The van der Waals surface area contributed by atoms with E-state index in [0.717, 1.165) is 12.1 Å². The second-order valence-electron chi connectivity index (χ2n) is 5.61. The summed E-state index contributed by atoms with van der Waals surface area (Å²) in [6, 6.07) is 6.28. The molecule has 0 saturated carbocycles. The molecule has 25 heavy (non-hydrogen) atoms. The molecule has 0 N–H and O–H groups in total. The predicted octanol–water partition coefficient (Wildman–Crippen LogP) is 4.92. The number of benzene rings is 2. The summed E-state index contributed by atoms with van der Waals surface area (Å²) < 4.78 is 83.1. The lowest BCUT2D eigenvalue weighted by atomic mass is 10.0. The number of hydrogen-bond donors (Lipinski definition) is 0. The maximum absolute atomic E-state index is 13.5. The van der Waals surface area contributed by atoms with E-state index in [1.54, 1.807) is 12.1 Å². The summed E-state index contributed by atoms with van der Waals surface area (Å²) in [7, 11) is 0. The molecule has 1 aliphatic heterocycles. The molecule has 2 aromatic rings. The molecule has 2 nitrogen and oxygen atoms in total. The summed E-state index contributed by atoms with van der Waals surface area (Å²) in [5.41, 5.74) is 0.732. The van der Waals surface area contributed by atoms with Gasteiger partial charge in [-0.05, 0) is 23.8 Å². The monoisotopic (exact) mass is 361 g/mol. The molecule has 0 bridgehead atoms. The van der Waals surface area contributed by atoms with Crippen molar-refractivity contribution in [2.75, 3.05) is 24.6 Å². The maximum Gasteiger partial charge on any atom is 0.390 e. The van der Waals surface area contributed by atoms with E-state index in [2.05, 4.69) is 0 Å². The van der Waals surface area contributed by atoms with E-state index in [9.17, 15) is 26.3 Å². The fourth-order valence-corrected chi connectivity index (χ4v) is 2.74. The standard InChI is InChI=1S/C17H13F6NO/c18-12-8-10(9-13(19)15(12)20)11-2-1-3-14-16(11)25-7-6-24(14)5-4-17(21,22)23/h1-3,8-9H,4-7H2. The van der Waals surface area contributed by atoms with Crippen molar-refractivity contribution in [2.24, 2.45) is 0 Å². The zero-order valence-corrected chi connectivity index (χ0v) is 12.8. The van der Waals surface area contributed by atoms with E-state index in [1.807, 2.05) is 0 Å². The topological polar surface area (TPSA) is 12.5 Å². The van der Waals surface area contributed by atoms with Gasteiger partial charge in [-0.1, -0.05) is 12.1 Å². The van der Waals surface area contributed by atoms with E-state index in [1.165, 1.54) is 11.0 Å². The van der Waals surface area contributed by atoms with Crippen LogP contribution in [-0.4, -0.2) is 25.9 Å². The summed E-state index contributed by atoms with van der Waals surface area (Å²) >= 11 is 0. The molecule has 8 heteroatoms. The fraction of sp³-hybridized carbons (Fsp3) is 0.294. The van der Waals surface area contributed by atoms with Crippen molar-refractivity contribution in [1.82, 2.24) is 0 Å². The van der Waals surface area contributed by atoms with Crippen molar-refractivity contribution in [3.8, 4) is 16.9 Å². The first-order chi connectivity index (χ1) is 11.8. The molecule has 0 aliphatic carbocycles. The zero-order chi connectivity index (χ0) is 18.2. The molecule has 3 rings (SSSR count). The van der Waals surface area contributed by atoms with Crippen LogP contribution in [0.15, 0.2) is 30.3 Å². The Morgan fingerprint density at radius 1 is 1.04 bits per heavy atom. The Labute approximate surface area is 139 Å². The number of fused-ring (bicyclic) bond motifs is 1. The lowest BCUT2D eigenvalue weighted by Crippen LogP contribution is -2.35. The van der Waals surface area contributed by atoms with Crippen LogP contribution >= 0.6 is 0 Å². The fourth-order valence-electron chi connectivity index (χ4n) is 2.74. The average Bonchev–Trinajstić information content (AvgIpc) is 2.56. The zero-order valence-electron chi connectivity index (χ0n) is 12.8. The third-order valence-electron chi connectivity index (χ3n) is 3.90. The molecule has 0 radical (unpaired) electrons. The maximum atomic E-state index is 13.5. The van der Waals surface area contributed by atoms with Gasteiger partial charge in [0.1, 0.15) is 6.61 Å². The van der Waals surface area contributed by atoms with Gasteiger partial charge < -0.3 is 9.64 Å². The third-order valence-corrected chi connectivity index (χ3v) is 3.90. The van der Waals surface area contributed by atoms with E-state index < -0.39 is 30.0 Å². The summed E-state index contributed by atoms with van der Waals surface area (Å²) in [5.74, 6) is -4.06. The summed E-state index contributed by atoms with van der Waals surface area (Å²) in [5, 5.41) is 0. The molecule has 0 spiro atoms. The van der Waals surface area contributed by atoms with Gasteiger partial charge in [0.25, 0.3) is 0 Å². The Bertz CT molecular complexity index is 766. The molecular weight excluding hydrogens is 348 g/mol. The van der Waals surface area contributed by atoms with E-state index in [0.29, 0.717) is 5.69 Å². The van der Waals surface area contributed by atoms with Crippen LogP contribution in [0, 0.1) is 17.5 Å². The molecule has 0 atom stereocenters. The normalized spacial score (nSPS) is 14.2. The Morgan fingerprint density at radius 3 is 2.36 bits per heavy atom. The highest BCUT2D eigenvalue weighted by atomic mass is 19.4. The van der Waals surface area contributed by atoms with Crippen molar-refractivity contribution in [2.45, 2.75) is 12.6 Å². The van der Waals surface area contributed by atoms with Crippen LogP contribution < -0.4 is 9.64 Å². The Kier molecular flexibility index (Phi) is 4.53. The van der Waals surface area contributed by atoms with Crippen molar-refractivity contribution >= 4 is 5.69 Å². The van der Waals surface area contributed by atoms with Crippen LogP contribution in [0.1, 0.15) is 6.42 Å². The molecule has 0 saturated heterocycles. The third kappa shape index (κ3) is 3.67. The molecule has 0 unspecified atom stereocenters. The molecule has 2 aromatic carbocycles. The highest BCUT2D eigenvalue weighted by Gasteiger charge is 2.30. The van der Waals surface area contributed by atoms with Gasteiger partial charge in [0.05, 0.1) is 18.7 Å². The molecule has 0 aromatic heterocycles. The van der Waals surface area contributed by atoms with Gasteiger partial charge in [0, 0.05) is 12.1 Å². The summed E-state index contributed by atoms with van der Waals surface area (Å²) in [4.78, 5) is 1.51. The van der Waals surface area contributed by atoms with Crippen molar-refractivity contribution in [3.05, 3.63) is 47.8 Å². The van der Waals surface area contributed by atoms with Crippen LogP contribution in [0.5, 0.6) is 5.75 Å². The van der Waals surface area contributed by atoms with Crippen molar-refractivity contribution < 1.29 is 31.1 Å². The molecular formula is C17H13F6NO. The van der Waals surface area contributed by atoms with Crippen LogP contribution in [0.3, 0.4) is 0 Å². The molecule has 1 aliphatic rings. The van der Waals surface area contributed by atoms with Crippen LogP contribution in [0.4, 0.5) is 32.0 Å². The minimum atomic E-state index is -4.29. The first kappa shape index (κ1) is 17.4. The number of alkyl halides is 3. The second-order valence-corrected chi connectivity index (χ2v) is 5.61. The van der Waals surface area contributed by atoms with E-state index in [4.69, 9.17) is 4.74 Å². The smallest absolute Gasteiger partial charge is 0.390 e. The van der Waals surface area contributed by atoms with Gasteiger partial charge in [0.15, 0.2) is 23.2 Å². The van der Waals surface area contributed by atoms with Gasteiger partial charge in [-0.15, -0.1) is 0 Å². The van der Waals surface area contributed by atoms with Crippen LogP contribution in [-0.2, 0) is 0 Å². The van der Waals surface area contributed by atoms with Gasteiger partial charge in [0.2, 0.25) is 0 Å². The minimum absolute atomic E-state index is 0.0471. The summed E-state index contributed by atoms with van der Waals surface area (Å²) in [6.07, 6.45) is -5.28. The Balaban J connectivity index is 1.99. The summed E-state index contributed by atoms with van der Waals surface area (Å²) in [6.45, 7) is 0.141. The highest BCUT2D eigenvalue weighted by Crippen LogP contribution is 2.41. The van der Waals surface area contributed by atoms with Gasteiger partial charge in [-0.2, -0.15) is 13.2 Å². The Hall–Kier alpha value is -2.38. The molecule has 1 heterocycles. The molecule has 0 amide bonds. The van der Waals surface area contributed by atoms with Crippen molar-refractivity contribution in [3.63, 3.8) is 0 Å².